The van der Waals surface area contributed by atoms with Gasteiger partial charge in [0.2, 0.25) is 5.91 Å². The Morgan fingerprint density at radius 2 is 1.80 bits per heavy atom. The minimum Gasteiger partial charge on any atom is -0.375 e. The molecule has 0 aliphatic rings. The van der Waals surface area contributed by atoms with Gasteiger partial charge in [-0.25, -0.2) is 0 Å². The summed E-state index contributed by atoms with van der Waals surface area (Å²) in [4.78, 5) is 22.6. The molecule has 5 nitrogen and oxygen atoms in total. The first-order chi connectivity index (χ1) is 9.31. The van der Waals surface area contributed by atoms with E-state index >= 15 is 0 Å². The second-order valence-corrected chi connectivity index (χ2v) is 3.86. The molecule has 1 aromatic carbocycles. The molecule has 0 radical (unpaired) electrons. The SMILES string of the molecule is COCC(=O)Nc1ccc(C(=O)NCC(F)(F)F)cc1. The molecule has 110 valence electrons. The third-order valence-electron chi connectivity index (χ3n) is 2.16. The predicted molar refractivity (Wildman–Crippen MR) is 65.3 cm³/mol. The monoisotopic (exact) mass is 290 g/mol. The van der Waals surface area contributed by atoms with E-state index in [1.807, 2.05) is 0 Å². The maximum absolute atomic E-state index is 11.9. The topological polar surface area (TPSA) is 67.4 Å². The summed E-state index contributed by atoms with van der Waals surface area (Å²) in [7, 11) is 1.37. The number of anilines is 1. The molecule has 0 aromatic heterocycles. The fraction of sp³-hybridized carbons (Fsp3) is 0.333. The Bertz CT molecular complexity index is 472. The van der Waals surface area contributed by atoms with E-state index in [0.717, 1.165) is 0 Å². The Morgan fingerprint density at radius 1 is 1.20 bits per heavy atom. The summed E-state index contributed by atoms with van der Waals surface area (Å²) < 4.78 is 40.4. The highest BCUT2D eigenvalue weighted by Gasteiger charge is 2.27. The van der Waals surface area contributed by atoms with Crippen molar-refractivity contribution >= 4 is 17.5 Å². The highest BCUT2D eigenvalue weighted by Crippen LogP contribution is 2.13. The van der Waals surface area contributed by atoms with Crippen LogP contribution in [0.25, 0.3) is 0 Å². The fourth-order valence-corrected chi connectivity index (χ4v) is 1.32. The first kappa shape index (κ1) is 16.0. The van der Waals surface area contributed by atoms with Gasteiger partial charge in [-0.1, -0.05) is 0 Å². The van der Waals surface area contributed by atoms with Gasteiger partial charge in [-0.3, -0.25) is 9.59 Å². The van der Waals surface area contributed by atoms with Crippen LogP contribution in [-0.2, 0) is 9.53 Å². The average molecular weight is 290 g/mol. The van der Waals surface area contributed by atoms with Crippen LogP contribution in [0.3, 0.4) is 0 Å². The molecule has 0 saturated heterocycles. The van der Waals surface area contributed by atoms with E-state index in [4.69, 9.17) is 0 Å². The van der Waals surface area contributed by atoms with Gasteiger partial charge in [-0.15, -0.1) is 0 Å². The molecule has 0 aliphatic carbocycles. The van der Waals surface area contributed by atoms with Crippen molar-refractivity contribution in [3.8, 4) is 0 Å². The number of nitrogens with one attached hydrogen (secondary N) is 2. The molecular formula is C12H13F3N2O3. The number of hydrogen-bond donors (Lipinski definition) is 2. The highest BCUT2D eigenvalue weighted by molar-refractivity contribution is 5.96. The van der Waals surface area contributed by atoms with Gasteiger partial charge < -0.3 is 15.4 Å². The molecular weight excluding hydrogens is 277 g/mol. The van der Waals surface area contributed by atoms with Gasteiger partial charge in [0.25, 0.3) is 5.91 Å². The molecule has 20 heavy (non-hydrogen) atoms. The van der Waals surface area contributed by atoms with Crippen molar-refractivity contribution < 1.29 is 27.5 Å². The number of hydrogen-bond acceptors (Lipinski definition) is 3. The second kappa shape index (κ2) is 6.90. The van der Waals surface area contributed by atoms with Gasteiger partial charge in [-0.05, 0) is 24.3 Å². The zero-order chi connectivity index (χ0) is 15.2. The molecule has 0 unspecified atom stereocenters. The third kappa shape index (κ3) is 5.70. The van der Waals surface area contributed by atoms with Crippen LogP contribution in [0.15, 0.2) is 24.3 Å². The largest absolute Gasteiger partial charge is 0.405 e. The summed E-state index contributed by atoms with van der Waals surface area (Å²) in [6.45, 7) is -1.51. The summed E-state index contributed by atoms with van der Waals surface area (Å²) in [5.74, 6) is -1.21. The zero-order valence-electron chi connectivity index (χ0n) is 10.6. The summed E-state index contributed by atoms with van der Waals surface area (Å²) >= 11 is 0. The van der Waals surface area contributed by atoms with Gasteiger partial charge in [0.1, 0.15) is 13.2 Å². The van der Waals surface area contributed by atoms with Crippen molar-refractivity contribution in [1.82, 2.24) is 5.32 Å². The lowest BCUT2D eigenvalue weighted by molar-refractivity contribution is -0.123. The number of methoxy groups -OCH3 is 1. The Hall–Kier alpha value is -2.09. The maximum atomic E-state index is 11.9. The molecule has 0 atom stereocenters. The molecule has 0 spiro atoms. The van der Waals surface area contributed by atoms with Crippen LogP contribution in [0.4, 0.5) is 18.9 Å². The highest BCUT2D eigenvalue weighted by atomic mass is 19.4. The Kier molecular flexibility index (Phi) is 5.51. The van der Waals surface area contributed by atoms with E-state index < -0.39 is 18.6 Å². The van der Waals surface area contributed by atoms with E-state index in [-0.39, 0.29) is 18.1 Å². The van der Waals surface area contributed by atoms with Crippen molar-refractivity contribution in [1.29, 1.82) is 0 Å². The first-order valence-corrected chi connectivity index (χ1v) is 5.55. The number of alkyl halides is 3. The smallest absolute Gasteiger partial charge is 0.375 e. The molecule has 0 bridgehead atoms. The number of carbonyl (C=O) groups excluding carboxylic acids is 2. The zero-order valence-corrected chi connectivity index (χ0v) is 10.6. The van der Waals surface area contributed by atoms with Gasteiger partial charge in [0.05, 0.1) is 0 Å². The number of rotatable bonds is 5. The maximum Gasteiger partial charge on any atom is 0.405 e. The Morgan fingerprint density at radius 3 is 2.30 bits per heavy atom. The van der Waals surface area contributed by atoms with Crippen LogP contribution in [0.1, 0.15) is 10.4 Å². The summed E-state index contributed by atoms with van der Waals surface area (Å²) in [5, 5.41) is 4.24. The van der Waals surface area contributed by atoms with Crippen LogP contribution < -0.4 is 10.6 Å². The molecule has 2 N–H and O–H groups in total. The summed E-state index contributed by atoms with van der Waals surface area (Å²) in [6, 6.07) is 5.45. The minimum atomic E-state index is -4.45. The quantitative estimate of drug-likeness (QED) is 0.865. The van der Waals surface area contributed by atoms with Crippen LogP contribution in [0, 0.1) is 0 Å². The van der Waals surface area contributed by atoms with E-state index in [1.165, 1.54) is 31.4 Å². The number of carbonyl (C=O) groups is 2. The predicted octanol–water partition coefficient (Wildman–Crippen LogP) is 1.56. The lowest BCUT2D eigenvalue weighted by Crippen LogP contribution is -2.33. The standard InChI is InChI=1S/C12H13F3N2O3/c1-20-6-10(18)17-9-4-2-8(3-5-9)11(19)16-7-12(13,14)15/h2-5H,6-7H2,1H3,(H,16,19)(H,17,18). The third-order valence-corrected chi connectivity index (χ3v) is 2.16. The van der Waals surface area contributed by atoms with Crippen LogP contribution in [0.2, 0.25) is 0 Å². The number of amides is 2. The average Bonchev–Trinajstić information content (AvgIpc) is 2.36. The molecule has 0 aliphatic heterocycles. The van der Waals surface area contributed by atoms with Crippen molar-refractivity contribution in [3.63, 3.8) is 0 Å². The normalized spacial score (nSPS) is 11.0. The molecule has 1 rings (SSSR count). The van der Waals surface area contributed by atoms with E-state index in [9.17, 15) is 22.8 Å². The Labute approximate surface area is 113 Å². The fourth-order valence-electron chi connectivity index (χ4n) is 1.32. The van der Waals surface area contributed by atoms with Gasteiger partial charge in [0.15, 0.2) is 0 Å². The summed E-state index contributed by atoms with van der Waals surface area (Å²) in [6.07, 6.45) is -4.45. The lowest BCUT2D eigenvalue weighted by Gasteiger charge is -2.09. The first-order valence-electron chi connectivity index (χ1n) is 5.55. The molecule has 2 amide bonds. The molecule has 0 heterocycles. The van der Waals surface area contributed by atoms with E-state index in [0.29, 0.717) is 5.69 Å². The number of ether oxygens (including phenoxy) is 1. The molecule has 1 aromatic rings. The van der Waals surface area contributed by atoms with Gasteiger partial charge in [0, 0.05) is 18.4 Å². The van der Waals surface area contributed by atoms with Crippen molar-refractivity contribution in [2.45, 2.75) is 6.18 Å². The summed E-state index contributed by atoms with van der Waals surface area (Å²) in [5.41, 5.74) is 0.485. The minimum absolute atomic E-state index is 0.0685. The number of halogens is 3. The molecule has 8 heteroatoms. The van der Waals surface area contributed by atoms with Crippen molar-refractivity contribution in [2.24, 2.45) is 0 Å². The van der Waals surface area contributed by atoms with Crippen molar-refractivity contribution in [3.05, 3.63) is 29.8 Å². The molecule has 0 saturated carbocycles. The Balaban J connectivity index is 2.57. The van der Waals surface area contributed by atoms with E-state index in [2.05, 4.69) is 10.1 Å². The van der Waals surface area contributed by atoms with Gasteiger partial charge in [-0.2, -0.15) is 13.2 Å². The number of benzene rings is 1. The molecule has 0 fully saturated rings. The van der Waals surface area contributed by atoms with E-state index in [1.54, 1.807) is 5.32 Å². The van der Waals surface area contributed by atoms with Crippen LogP contribution in [-0.4, -0.2) is 38.3 Å². The van der Waals surface area contributed by atoms with Crippen LogP contribution >= 0.6 is 0 Å². The van der Waals surface area contributed by atoms with Crippen molar-refractivity contribution in [2.75, 3.05) is 25.6 Å². The lowest BCUT2D eigenvalue weighted by atomic mass is 10.2. The van der Waals surface area contributed by atoms with Gasteiger partial charge >= 0.3 is 6.18 Å². The second-order valence-electron chi connectivity index (χ2n) is 3.86. The van der Waals surface area contributed by atoms with Crippen LogP contribution in [0.5, 0.6) is 0 Å².